The van der Waals surface area contributed by atoms with Crippen molar-refractivity contribution in [2.75, 3.05) is 0 Å². The standard InChI is InChI=1S/C9H10O6/c1-3-4-7(10)14-15-8(11)5-6(2)9(12)13/h3-4H,2,5H2,1H3,(H,12,13)/b4-3+. The molecule has 1 N–H and O–H groups in total. The van der Waals surface area contributed by atoms with Gasteiger partial charge in [-0.1, -0.05) is 12.7 Å². The highest BCUT2D eigenvalue weighted by Crippen LogP contribution is 2.00. The Morgan fingerprint density at radius 3 is 2.40 bits per heavy atom. The molecule has 0 spiro atoms. The van der Waals surface area contributed by atoms with Gasteiger partial charge < -0.3 is 5.11 Å². The fourth-order valence-electron chi connectivity index (χ4n) is 0.531. The maximum atomic E-state index is 10.8. The van der Waals surface area contributed by atoms with Gasteiger partial charge in [0.05, 0.1) is 6.42 Å². The van der Waals surface area contributed by atoms with Crippen molar-refractivity contribution in [2.45, 2.75) is 13.3 Å². The van der Waals surface area contributed by atoms with E-state index >= 15 is 0 Å². The van der Waals surface area contributed by atoms with E-state index < -0.39 is 24.3 Å². The fourth-order valence-corrected chi connectivity index (χ4v) is 0.531. The van der Waals surface area contributed by atoms with Crippen molar-refractivity contribution in [2.24, 2.45) is 0 Å². The molecule has 0 rings (SSSR count). The van der Waals surface area contributed by atoms with Crippen LogP contribution in [0, 0.1) is 0 Å². The lowest BCUT2D eigenvalue weighted by molar-refractivity contribution is -0.254. The molecule has 0 aromatic carbocycles. The summed E-state index contributed by atoms with van der Waals surface area (Å²) in [6.45, 7) is 4.68. The molecule has 0 fully saturated rings. The second-order valence-electron chi connectivity index (χ2n) is 2.44. The zero-order chi connectivity index (χ0) is 11.8. The number of carbonyl (C=O) groups is 3. The van der Waals surface area contributed by atoms with Gasteiger partial charge in [-0.2, -0.15) is 0 Å². The molecule has 0 saturated heterocycles. The quantitative estimate of drug-likeness (QED) is 0.418. The van der Waals surface area contributed by atoms with Gasteiger partial charge in [0.25, 0.3) is 0 Å². The second kappa shape index (κ2) is 6.36. The minimum absolute atomic E-state index is 0.345. The molecule has 0 unspecified atom stereocenters. The zero-order valence-corrected chi connectivity index (χ0v) is 8.06. The Kier molecular flexibility index (Phi) is 5.47. The molecule has 0 aliphatic carbocycles. The molecule has 6 nitrogen and oxygen atoms in total. The Bertz CT molecular complexity index is 315. The molecule has 0 amide bonds. The molecular weight excluding hydrogens is 204 g/mol. The lowest BCUT2D eigenvalue weighted by atomic mass is 10.2. The van der Waals surface area contributed by atoms with Crippen molar-refractivity contribution in [1.82, 2.24) is 0 Å². The number of hydrogen-bond donors (Lipinski definition) is 1. The third-order valence-corrected chi connectivity index (χ3v) is 1.18. The summed E-state index contributed by atoms with van der Waals surface area (Å²) in [5, 5.41) is 8.37. The summed E-state index contributed by atoms with van der Waals surface area (Å²) >= 11 is 0. The van der Waals surface area contributed by atoms with Crippen LogP contribution in [0.5, 0.6) is 0 Å². The van der Waals surface area contributed by atoms with Crippen LogP contribution in [0.1, 0.15) is 13.3 Å². The first-order valence-electron chi connectivity index (χ1n) is 3.92. The molecule has 0 aromatic rings. The van der Waals surface area contributed by atoms with E-state index in [0.717, 1.165) is 6.08 Å². The van der Waals surface area contributed by atoms with Crippen molar-refractivity contribution in [3.63, 3.8) is 0 Å². The summed E-state index contributed by atoms with van der Waals surface area (Å²) in [5.41, 5.74) is -0.345. The Morgan fingerprint density at radius 1 is 1.33 bits per heavy atom. The molecule has 0 saturated carbocycles. The molecule has 15 heavy (non-hydrogen) atoms. The summed E-state index contributed by atoms with van der Waals surface area (Å²) in [5.74, 6) is -3.17. The van der Waals surface area contributed by atoms with E-state index in [0.29, 0.717) is 0 Å². The minimum Gasteiger partial charge on any atom is -0.478 e. The van der Waals surface area contributed by atoms with Crippen LogP contribution in [0.15, 0.2) is 24.3 Å². The Morgan fingerprint density at radius 2 is 1.93 bits per heavy atom. The summed E-state index contributed by atoms with van der Waals surface area (Å²) in [4.78, 5) is 39.7. The summed E-state index contributed by atoms with van der Waals surface area (Å²) in [6, 6.07) is 0. The Balaban J connectivity index is 3.91. The number of carboxylic acids is 1. The molecule has 0 aliphatic rings. The number of rotatable bonds is 4. The van der Waals surface area contributed by atoms with E-state index in [-0.39, 0.29) is 5.57 Å². The first kappa shape index (κ1) is 12.9. The van der Waals surface area contributed by atoms with E-state index in [9.17, 15) is 14.4 Å². The van der Waals surface area contributed by atoms with Gasteiger partial charge in [-0.15, -0.1) is 0 Å². The Labute approximate surface area is 85.7 Å². The average Bonchev–Trinajstić information content (AvgIpc) is 2.15. The van der Waals surface area contributed by atoms with Gasteiger partial charge in [0, 0.05) is 11.6 Å². The van der Waals surface area contributed by atoms with Gasteiger partial charge in [-0.3, -0.25) is 0 Å². The lowest BCUT2D eigenvalue weighted by Crippen LogP contribution is -2.12. The summed E-state index contributed by atoms with van der Waals surface area (Å²) in [6.07, 6.45) is 1.89. The van der Waals surface area contributed by atoms with Crippen LogP contribution in [-0.4, -0.2) is 23.0 Å². The first-order chi connectivity index (χ1) is 6.97. The van der Waals surface area contributed by atoms with E-state index in [4.69, 9.17) is 5.11 Å². The highest BCUT2D eigenvalue weighted by molar-refractivity contribution is 5.92. The van der Waals surface area contributed by atoms with Crippen LogP contribution in [0.3, 0.4) is 0 Å². The van der Waals surface area contributed by atoms with Crippen LogP contribution in [-0.2, 0) is 24.2 Å². The highest BCUT2D eigenvalue weighted by Gasteiger charge is 2.13. The lowest BCUT2D eigenvalue weighted by Gasteiger charge is -2.00. The predicted octanol–water partition coefficient (Wildman–Crippen LogP) is 0.595. The van der Waals surface area contributed by atoms with Crippen molar-refractivity contribution >= 4 is 17.9 Å². The smallest absolute Gasteiger partial charge is 0.378 e. The van der Waals surface area contributed by atoms with E-state index in [1.54, 1.807) is 6.92 Å². The van der Waals surface area contributed by atoms with Crippen LogP contribution in [0.25, 0.3) is 0 Å². The maximum absolute atomic E-state index is 10.8. The van der Waals surface area contributed by atoms with Gasteiger partial charge in [0.1, 0.15) is 0 Å². The molecular formula is C9H10O6. The monoisotopic (exact) mass is 214 g/mol. The molecule has 82 valence electrons. The largest absolute Gasteiger partial charge is 0.478 e. The highest BCUT2D eigenvalue weighted by atomic mass is 17.2. The van der Waals surface area contributed by atoms with E-state index in [2.05, 4.69) is 16.4 Å². The molecule has 0 bridgehead atoms. The Hall–Kier alpha value is -2.11. The minimum atomic E-state index is -1.31. The van der Waals surface area contributed by atoms with Crippen LogP contribution >= 0.6 is 0 Å². The number of carbonyl (C=O) groups excluding carboxylic acids is 2. The van der Waals surface area contributed by atoms with Gasteiger partial charge in [-0.05, 0) is 6.92 Å². The molecule has 0 aromatic heterocycles. The van der Waals surface area contributed by atoms with Gasteiger partial charge >= 0.3 is 17.9 Å². The van der Waals surface area contributed by atoms with Crippen LogP contribution in [0.2, 0.25) is 0 Å². The summed E-state index contributed by atoms with van der Waals surface area (Å²) < 4.78 is 0. The maximum Gasteiger partial charge on any atom is 0.378 e. The van der Waals surface area contributed by atoms with Crippen LogP contribution < -0.4 is 0 Å². The number of aliphatic carboxylic acids is 1. The zero-order valence-electron chi connectivity index (χ0n) is 8.06. The molecule has 6 heteroatoms. The first-order valence-corrected chi connectivity index (χ1v) is 3.92. The molecule has 0 atom stereocenters. The van der Waals surface area contributed by atoms with Crippen molar-refractivity contribution in [3.8, 4) is 0 Å². The molecule has 0 heterocycles. The van der Waals surface area contributed by atoms with Crippen molar-refractivity contribution in [1.29, 1.82) is 0 Å². The predicted molar refractivity (Wildman–Crippen MR) is 48.4 cm³/mol. The number of carboxylic acid groups (broad SMARTS) is 1. The topological polar surface area (TPSA) is 89.9 Å². The van der Waals surface area contributed by atoms with E-state index in [1.807, 2.05) is 0 Å². The SMILES string of the molecule is C=C(CC(=O)OOC(=O)/C=C/C)C(=O)O. The normalized spacial score (nSPS) is 9.67. The van der Waals surface area contributed by atoms with Crippen LogP contribution in [0.4, 0.5) is 0 Å². The third kappa shape index (κ3) is 6.03. The van der Waals surface area contributed by atoms with Crippen molar-refractivity contribution < 1.29 is 29.3 Å². The van der Waals surface area contributed by atoms with Gasteiger partial charge in [0.15, 0.2) is 0 Å². The van der Waals surface area contributed by atoms with Crippen molar-refractivity contribution in [3.05, 3.63) is 24.3 Å². The van der Waals surface area contributed by atoms with Gasteiger partial charge in [-0.25, -0.2) is 24.2 Å². The van der Waals surface area contributed by atoms with E-state index in [1.165, 1.54) is 6.08 Å². The molecule has 0 aliphatic heterocycles. The average molecular weight is 214 g/mol. The fraction of sp³-hybridized carbons (Fsp3) is 0.222. The second-order valence-corrected chi connectivity index (χ2v) is 2.44. The van der Waals surface area contributed by atoms with Gasteiger partial charge in [0.2, 0.25) is 0 Å². The number of hydrogen-bond acceptors (Lipinski definition) is 5. The third-order valence-electron chi connectivity index (χ3n) is 1.18. The molecule has 0 radical (unpaired) electrons. The summed E-state index contributed by atoms with van der Waals surface area (Å²) in [7, 11) is 0. The number of allylic oxidation sites excluding steroid dienone is 1.